The Morgan fingerprint density at radius 1 is 1.60 bits per heavy atom. The fraction of sp³-hybridized carbons (Fsp3) is 0.625. The average molecular weight is 247 g/mol. The number of nitrogens with one attached hydrogen (secondary N) is 1. The monoisotopic (exact) mass is 247 g/mol. The number of rotatable bonds is 2. The molecule has 0 fully saturated rings. The molecule has 84 valence electrons. The molecule has 15 heavy (non-hydrogen) atoms. The number of nitrogens with zero attached hydrogens (tertiary/aromatic N) is 1. The van der Waals surface area contributed by atoms with E-state index in [4.69, 9.17) is 5.73 Å². The van der Waals surface area contributed by atoms with E-state index in [-0.39, 0.29) is 6.04 Å². The first-order valence-electron chi connectivity index (χ1n) is 4.65. The second kappa shape index (κ2) is 3.73. The molecule has 0 saturated carbocycles. The molecule has 1 atom stereocenters. The molecule has 3 N–H and O–H groups in total. The average Bonchev–Trinajstić information content (AvgIpc) is 2.40. The molecule has 5 nitrogen and oxygen atoms in total. The van der Waals surface area contributed by atoms with Crippen molar-refractivity contribution in [2.24, 2.45) is 0 Å². The van der Waals surface area contributed by atoms with Gasteiger partial charge in [0.25, 0.3) is 0 Å². The largest absolute Gasteiger partial charge is 0.375 e. The van der Waals surface area contributed by atoms with Gasteiger partial charge in [0.1, 0.15) is 0 Å². The Morgan fingerprint density at radius 2 is 2.33 bits per heavy atom. The number of nitrogens with two attached hydrogens (primary N) is 1. The van der Waals surface area contributed by atoms with E-state index < -0.39 is 10.0 Å². The SMILES string of the molecule is CS(=O)(=O)NC1CCc2nc(N)sc2C1. The fourth-order valence-electron chi connectivity index (χ4n) is 1.80. The van der Waals surface area contributed by atoms with Gasteiger partial charge in [-0.25, -0.2) is 18.1 Å². The molecule has 0 spiro atoms. The highest BCUT2D eigenvalue weighted by molar-refractivity contribution is 7.88. The maximum atomic E-state index is 11.1. The number of fused-ring (bicyclic) bond motifs is 1. The Hall–Kier alpha value is -0.660. The van der Waals surface area contributed by atoms with Crippen molar-refractivity contribution in [3.05, 3.63) is 10.6 Å². The van der Waals surface area contributed by atoms with E-state index in [1.165, 1.54) is 17.6 Å². The normalized spacial score (nSPS) is 21.3. The lowest BCUT2D eigenvalue weighted by Gasteiger charge is -2.20. The van der Waals surface area contributed by atoms with E-state index in [0.717, 1.165) is 23.4 Å². The molecule has 0 aliphatic heterocycles. The minimum absolute atomic E-state index is 0.00708. The summed E-state index contributed by atoms with van der Waals surface area (Å²) in [6, 6.07) is -0.00708. The first kappa shape index (κ1) is 10.8. The Morgan fingerprint density at radius 3 is 3.00 bits per heavy atom. The quantitative estimate of drug-likeness (QED) is 0.778. The van der Waals surface area contributed by atoms with Gasteiger partial charge < -0.3 is 5.73 Å². The third kappa shape index (κ3) is 2.67. The molecule has 0 amide bonds. The third-order valence-electron chi connectivity index (χ3n) is 2.34. The summed E-state index contributed by atoms with van der Waals surface area (Å²) in [6.45, 7) is 0. The summed E-state index contributed by atoms with van der Waals surface area (Å²) in [7, 11) is -3.12. The topological polar surface area (TPSA) is 85.1 Å². The Bertz CT molecular complexity index is 466. The van der Waals surface area contributed by atoms with Crippen molar-refractivity contribution in [2.75, 3.05) is 12.0 Å². The smallest absolute Gasteiger partial charge is 0.208 e. The molecule has 7 heteroatoms. The summed E-state index contributed by atoms with van der Waals surface area (Å²) < 4.78 is 24.8. The molecule has 1 aliphatic rings. The number of hydrogen-bond acceptors (Lipinski definition) is 5. The maximum Gasteiger partial charge on any atom is 0.208 e. The van der Waals surface area contributed by atoms with Crippen LogP contribution < -0.4 is 10.5 Å². The molecule has 1 heterocycles. The molecule has 0 bridgehead atoms. The van der Waals surface area contributed by atoms with Gasteiger partial charge in [0.2, 0.25) is 10.0 Å². The van der Waals surface area contributed by atoms with Gasteiger partial charge in [-0.05, 0) is 12.8 Å². The summed E-state index contributed by atoms with van der Waals surface area (Å²) in [5.41, 5.74) is 6.63. The van der Waals surface area contributed by atoms with Gasteiger partial charge in [0.15, 0.2) is 5.13 Å². The van der Waals surface area contributed by atoms with E-state index in [0.29, 0.717) is 11.6 Å². The number of aryl methyl sites for hydroxylation is 1. The predicted molar refractivity (Wildman–Crippen MR) is 60.3 cm³/mol. The molecule has 1 aliphatic carbocycles. The van der Waals surface area contributed by atoms with Gasteiger partial charge >= 0.3 is 0 Å². The van der Waals surface area contributed by atoms with Crippen molar-refractivity contribution < 1.29 is 8.42 Å². The van der Waals surface area contributed by atoms with Crippen LogP contribution in [0.15, 0.2) is 0 Å². The van der Waals surface area contributed by atoms with E-state index in [9.17, 15) is 8.42 Å². The van der Waals surface area contributed by atoms with Crippen LogP contribution in [0.1, 0.15) is 17.0 Å². The first-order valence-corrected chi connectivity index (χ1v) is 7.36. The number of thiazole rings is 1. The van der Waals surface area contributed by atoms with Crippen LogP contribution in [0, 0.1) is 0 Å². The summed E-state index contributed by atoms with van der Waals surface area (Å²) in [5, 5.41) is 0.569. The zero-order valence-electron chi connectivity index (χ0n) is 8.36. The van der Waals surface area contributed by atoms with Gasteiger partial charge in [-0.15, -0.1) is 11.3 Å². The molecule has 0 aromatic carbocycles. The van der Waals surface area contributed by atoms with E-state index in [2.05, 4.69) is 9.71 Å². The second-order valence-electron chi connectivity index (χ2n) is 3.75. The highest BCUT2D eigenvalue weighted by atomic mass is 32.2. The van der Waals surface area contributed by atoms with E-state index >= 15 is 0 Å². The highest BCUT2D eigenvalue weighted by Crippen LogP contribution is 2.28. The summed E-state index contributed by atoms with van der Waals surface area (Å²) in [4.78, 5) is 5.31. The molecule has 1 aromatic heterocycles. The minimum atomic E-state index is -3.12. The summed E-state index contributed by atoms with van der Waals surface area (Å²) in [6.07, 6.45) is 3.49. The standard InChI is InChI=1S/C8H13N3O2S2/c1-15(12,13)11-5-2-3-6-7(4-5)14-8(9)10-6/h5,11H,2-4H2,1H3,(H2,9,10). The lowest BCUT2D eigenvalue weighted by atomic mass is 9.99. The highest BCUT2D eigenvalue weighted by Gasteiger charge is 2.23. The Labute approximate surface area is 92.8 Å². The summed E-state index contributed by atoms with van der Waals surface area (Å²) in [5.74, 6) is 0. The first-order chi connectivity index (χ1) is 6.94. The Kier molecular flexibility index (Phi) is 2.70. The van der Waals surface area contributed by atoms with Crippen molar-refractivity contribution in [1.82, 2.24) is 9.71 Å². The van der Waals surface area contributed by atoms with Crippen LogP contribution in [-0.2, 0) is 22.9 Å². The molecule has 0 radical (unpaired) electrons. The zero-order chi connectivity index (χ0) is 11.1. The van der Waals surface area contributed by atoms with Gasteiger partial charge in [-0.1, -0.05) is 0 Å². The van der Waals surface area contributed by atoms with Crippen LogP contribution in [0.5, 0.6) is 0 Å². The van der Waals surface area contributed by atoms with Crippen LogP contribution in [-0.4, -0.2) is 25.7 Å². The lowest BCUT2D eigenvalue weighted by Crippen LogP contribution is -2.37. The fourth-order valence-corrected chi connectivity index (χ4v) is 3.56. The molecule has 1 unspecified atom stereocenters. The summed E-state index contributed by atoms with van der Waals surface area (Å²) >= 11 is 1.45. The lowest BCUT2D eigenvalue weighted by molar-refractivity contribution is 0.511. The van der Waals surface area contributed by atoms with Crippen LogP contribution in [0.2, 0.25) is 0 Å². The number of hydrogen-bond donors (Lipinski definition) is 2. The van der Waals surface area contributed by atoms with Crippen molar-refractivity contribution >= 4 is 26.5 Å². The number of anilines is 1. The Balaban J connectivity index is 2.12. The predicted octanol–water partition coefficient (Wildman–Crippen LogP) is 0.132. The minimum Gasteiger partial charge on any atom is -0.375 e. The number of aromatic nitrogens is 1. The van der Waals surface area contributed by atoms with E-state index in [1.54, 1.807) is 0 Å². The molecular weight excluding hydrogens is 234 g/mol. The maximum absolute atomic E-state index is 11.1. The van der Waals surface area contributed by atoms with Crippen LogP contribution in [0.3, 0.4) is 0 Å². The van der Waals surface area contributed by atoms with Crippen LogP contribution >= 0.6 is 11.3 Å². The van der Waals surface area contributed by atoms with Gasteiger partial charge in [-0.2, -0.15) is 0 Å². The van der Waals surface area contributed by atoms with Crippen molar-refractivity contribution in [3.8, 4) is 0 Å². The molecule has 1 aromatic rings. The molecular formula is C8H13N3O2S2. The van der Waals surface area contributed by atoms with Crippen molar-refractivity contribution in [1.29, 1.82) is 0 Å². The number of sulfonamides is 1. The van der Waals surface area contributed by atoms with Crippen LogP contribution in [0.4, 0.5) is 5.13 Å². The van der Waals surface area contributed by atoms with Crippen LogP contribution in [0.25, 0.3) is 0 Å². The molecule has 2 rings (SSSR count). The van der Waals surface area contributed by atoms with Crippen molar-refractivity contribution in [2.45, 2.75) is 25.3 Å². The van der Waals surface area contributed by atoms with E-state index in [1.807, 2.05) is 0 Å². The van der Waals surface area contributed by atoms with Gasteiger partial charge in [0.05, 0.1) is 11.9 Å². The molecule has 0 saturated heterocycles. The third-order valence-corrected chi connectivity index (χ3v) is 4.05. The van der Waals surface area contributed by atoms with Crippen molar-refractivity contribution in [3.63, 3.8) is 0 Å². The number of nitrogen functional groups attached to an aromatic ring is 1. The van der Waals surface area contributed by atoms with Gasteiger partial charge in [0, 0.05) is 17.3 Å². The van der Waals surface area contributed by atoms with Gasteiger partial charge in [-0.3, -0.25) is 0 Å². The zero-order valence-corrected chi connectivity index (χ0v) is 9.99. The second-order valence-corrected chi connectivity index (χ2v) is 6.65.